The molecule has 4 rings (SSSR count). The molecular weight excluding hydrogens is 641 g/mol. The van der Waals surface area contributed by atoms with Crippen LogP contribution in [0, 0.1) is 13.8 Å². The fourth-order valence-electron chi connectivity index (χ4n) is 5.89. The largest absolute Gasteiger partial charge is 0.493 e. The van der Waals surface area contributed by atoms with Crippen LogP contribution in [0.4, 0.5) is 0 Å². The summed E-state index contributed by atoms with van der Waals surface area (Å²) in [6.45, 7) is 6.25. The van der Waals surface area contributed by atoms with E-state index in [4.69, 9.17) is 14.2 Å². The zero-order valence-corrected chi connectivity index (χ0v) is 29.3. The maximum atomic E-state index is 14.2. The van der Waals surface area contributed by atoms with Gasteiger partial charge in [-0.05, 0) is 61.1 Å². The molecule has 4 aromatic rings. The Morgan fingerprint density at radius 2 is 1.55 bits per heavy atom. The number of quaternary nitrogens is 1. The fourth-order valence-corrected chi connectivity index (χ4v) is 6.52. The number of hydrogen-bond donors (Lipinski definition) is 2. The number of aryl methyl sites for hydroxylation is 3. The second-order valence-electron chi connectivity index (χ2n) is 12.3. The number of thiol groups is 1. The number of carbonyl (C=O) groups excluding carboxylic acids is 2. The van der Waals surface area contributed by atoms with Crippen LogP contribution in [0.3, 0.4) is 0 Å². The molecule has 0 fully saturated rings. The molecule has 0 aliphatic heterocycles. The molecule has 1 N–H and O–H groups in total. The Balaban J connectivity index is 1.77. The number of para-hydroxylation sites is 1. The minimum Gasteiger partial charge on any atom is -0.493 e. The summed E-state index contributed by atoms with van der Waals surface area (Å²) < 4.78 is 52.3. The van der Waals surface area contributed by atoms with E-state index in [-0.39, 0.29) is 13.0 Å². The van der Waals surface area contributed by atoms with Crippen LogP contribution in [0.5, 0.6) is 11.5 Å². The monoisotopic (exact) mass is 684 g/mol. The molecule has 0 saturated heterocycles. The van der Waals surface area contributed by atoms with Gasteiger partial charge in [0.05, 0.1) is 68.6 Å². The number of fused-ring (bicyclic) bond motifs is 2. The van der Waals surface area contributed by atoms with Gasteiger partial charge < -0.3 is 18.7 Å². The zero-order valence-electron chi connectivity index (χ0n) is 27.6. The highest BCUT2D eigenvalue weighted by atomic mass is 32.2. The van der Waals surface area contributed by atoms with Crippen molar-refractivity contribution in [1.82, 2.24) is 0 Å². The lowest BCUT2D eigenvalue weighted by Crippen LogP contribution is -2.41. The number of aromatic nitrogens is 1. The second-order valence-corrected chi connectivity index (χ2v) is 14.4. The Bertz CT molecular complexity index is 1870. The molecule has 252 valence electrons. The van der Waals surface area contributed by atoms with Gasteiger partial charge in [-0.2, -0.15) is 25.6 Å². The minimum absolute atomic E-state index is 0.164. The predicted molar refractivity (Wildman–Crippen MR) is 185 cm³/mol. The minimum atomic E-state index is -4.15. The highest BCUT2D eigenvalue weighted by Gasteiger charge is 2.27. The predicted octanol–water partition coefficient (Wildman–Crippen LogP) is 5.35. The Kier molecular flexibility index (Phi) is 11.9. The molecule has 12 heteroatoms. The van der Waals surface area contributed by atoms with Crippen LogP contribution in [0.2, 0.25) is 0 Å². The molecule has 1 heterocycles. The molecule has 0 amide bonds. The Labute approximate surface area is 282 Å². The number of nitrogens with zero attached hydrogens (tertiary/aromatic N) is 2. The number of pyridine rings is 1. The van der Waals surface area contributed by atoms with Gasteiger partial charge in [0.1, 0.15) is 11.5 Å². The molecule has 0 bridgehead atoms. The van der Waals surface area contributed by atoms with E-state index in [1.54, 1.807) is 26.0 Å². The van der Waals surface area contributed by atoms with Crippen LogP contribution < -0.4 is 14.0 Å². The molecule has 10 nitrogen and oxygen atoms in total. The van der Waals surface area contributed by atoms with Gasteiger partial charge in [0.25, 0.3) is 10.1 Å². The van der Waals surface area contributed by atoms with E-state index in [9.17, 15) is 22.6 Å². The molecule has 0 unspecified atom stereocenters. The van der Waals surface area contributed by atoms with Crippen molar-refractivity contribution < 1.29 is 45.8 Å². The van der Waals surface area contributed by atoms with E-state index in [1.165, 1.54) is 7.11 Å². The maximum absolute atomic E-state index is 14.2. The lowest BCUT2D eigenvalue weighted by molar-refractivity contribution is -0.890. The summed E-state index contributed by atoms with van der Waals surface area (Å²) in [5.41, 5.74) is 3.26. The van der Waals surface area contributed by atoms with E-state index in [1.807, 2.05) is 47.0 Å². The lowest BCUT2D eigenvalue weighted by atomic mass is 10.0. The third kappa shape index (κ3) is 9.22. The average molecular weight is 685 g/mol. The van der Waals surface area contributed by atoms with E-state index < -0.39 is 27.8 Å². The van der Waals surface area contributed by atoms with Crippen molar-refractivity contribution in [2.45, 2.75) is 39.7 Å². The van der Waals surface area contributed by atoms with Crippen LogP contribution in [-0.4, -0.2) is 81.8 Å². The Morgan fingerprint density at radius 1 is 0.894 bits per heavy atom. The Morgan fingerprint density at radius 3 is 2.21 bits per heavy atom. The Hall–Kier alpha value is -3.71. The number of rotatable bonds is 15. The number of ether oxygens (including phenoxy) is 3. The average Bonchev–Trinajstić information content (AvgIpc) is 3.02. The van der Waals surface area contributed by atoms with Gasteiger partial charge in [0.15, 0.2) is 6.54 Å². The normalized spacial score (nSPS) is 12.0. The fraction of sp³-hybridized carbons (Fsp3) is 0.400. The van der Waals surface area contributed by atoms with Gasteiger partial charge in [-0.15, -0.1) is 0 Å². The summed E-state index contributed by atoms with van der Waals surface area (Å²) >= 11 is 4.33. The van der Waals surface area contributed by atoms with Crippen molar-refractivity contribution in [2.24, 2.45) is 0 Å². The molecule has 0 radical (unpaired) electrons. The van der Waals surface area contributed by atoms with E-state index in [0.717, 1.165) is 36.2 Å². The van der Waals surface area contributed by atoms with Gasteiger partial charge in [-0.25, -0.2) is 9.59 Å². The van der Waals surface area contributed by atoms with Crippen LogP contribution in [0.15, 0.2) is 54.6 Å². The standard InChI is InChI=1S/C35H42N2O8S2/c1-24-21-26(34(38)43-5)22-25(2)33(24)45-35(39)32-28-11-6-7-12-30(28)36(15-8-20-47(40,41)42)31-14-13-27(23-29(31)32)44-18-9-16-37(3,4)17-10-19-46/h6-7,11-14,21-23H,8-10,15-20H2,1-5H3/p+2. The number of esters is 2. The number of methoxy groups -OCH3 is 1. The van der Waals surface area contributed by atoms with Crippen molar-refractivity contribution in [2.75, 3.05) is 52.4 Å². The first-order chi connectivity index (χ1) is 22.2. The maximum Gasteiger partial charge on any atom is 0.345 e. The summed E-state index contributed by atoms with van der Waals surface area (Å²) in [4.78, 5) is 26.3. The molecule has 0 atom stereocenters. The zero-order chi connectivity index (χ0) is 34.4. The summed E-state index contributed by atoms with van der Waals surface area (Å²) in [6, 6.07) is 16.1. The van der Waals surface area contributed by atoms with E-state index in [2.05, 4.69) is 26.7 Å². The molecule has 1 aromatic heterocycles. The van der Waals surface area contributed by atoms with Gasteiger partial charge in [-0.1, -0.05) is 12.1 Å². The van der Waals surface area contributed by atoms with Gasteiger partial charge in [0, 0.05) is 31.4 Å². The molecule has 0 saturated carbocycles. The van der Waals surface area contributed by atoms with Crippen molar-refractivity contribution in [1.29, 1.82) is 0 Å². The van der Waals surface area contributed by atoms with Gasteiger partial charge in [-0.3, -0.25) is 4.55 Å². The van der Waals surface area contributed by atoms with Crippen molar-refractivity contribution in [3.05, 3.63) is 76.9 Å². The molecule has 47 heavy (non-hydrogen) atoms. The highest BCUT2D eigenvalue weighted by Crippen LogP contribution is 2.32. The highest BCUT2D eigenvalue weighted by molar-refractivity contribution is 7.85. The first kappa shape index (κ1) is 36.1. The van der Waals surface area contributed by atoms with E-state index in [0.29, 0.717) is 62.2 Å². The smallest absolute Gasteiger partial charge is 0.345 e. The van der Waals surface area contributed by atoms with Crippen molar-refractivity contribution in [3.8, 4) is 11.5 Å². The summed E-state index contributed by atoms with van der Waals surface area (Å²) in [5.74, 6) is 0.304. The van der Waals surface area contributed by atoms with Crippen LogP contribution >= 0.6 is 12.6 Å². The molecule has 0 spiro atoms. The number of benzene rings is 3. The van der Waals surface area contributed by atoms with Crippen molar-refractivity contribution in [3.63, 3.8) is 0 Å². The number of hydrogen-bond acceptors (Lipinski definition) is 8. The SMILES string of the molecule is COC(=O)c1cc(C)c(OC(=O)c2c3ccccc3[n+](CCCS(=O)(=O)O)c3ccc(OCCC[N+](C)(C)CCCS)cc23)c(C)c1. The van der Waals surface area contributed by atoms with Gasteiger partial charge >= 0.3 is 11.9 Å². The molecule has 0 aliphatic carbocycles. The van der Waals surface area contributed by atoms with Crippen molar-refractivity contribution >= 4 is 56.5 Å². The summed E-state index contributed by atoms with van der Waals surface area (Å²) in [6.07, 6.45) is 2.03. The molecule has 0 aliphatic rings. The first-order valence-electron chi connectivity index (χ1n) is 15.6. The summed E-state index contributed by atoms with van der Waals surface area (Å²) in [7, 11) is 1.54. The lowest BCUT2D eigenvalue weighted by Gasteiger charge is -2.29. The second kappa shape index (κ2) is 15.5. The number of carbonyl (C=O) groups is 2. The van der Waals surface area contributed by atoms with Gasteiger partial charge in [0.2, 0.25) is 11.0 Å². The van der Waals surface area contributed by atoms with Crippen LogP contribution in [0.1, 0.15) is 51.1 Å². The first-order valence-corrected chi connectivity index (χ1v) is 17.8. The topological polar surface area (TPSA) is 120 Å². The third-order valence-electron chi connectivity index (χ3n) is 8.15. The van der Waals surface area contributed by atoms with Crippen LogP contribution in [0.25, 0.3) is 21.8 Å². The molecule has 3 aromatic carbocycles. The van der Waals surface area contributed by atoms with Crippen LogP contribution in [-0.2, 0) is 21.4 Å². The van der Waals surface area contributed by atoms with E-state index >= 15 is 0 Å². The third-order valence-corrected chi connectivity index (χ3v) is 9.28. The summed E-state index contributed by atoms with van der Waals surface area (Å²) in [5, 5.41) is 1.18. The molecular formula is C35H44N2O8S2+2. The quantitative estimate of drug-likeness (QED) is 0.0252.